The van der Waals surface area contributed by atoms with Crippen LogP contribution >= 0.6 is 0 Å². The number of hydrazone groups is 2. The summed E-state index contributed by atoms with van der Waals surface area (Å²) in [5.41, 5.74) is 14.0. The molecule has 12 bridgehead atoms. The summed E-state index contributed by atoms with van der Waals surface area (Å²) >= 11 is 0. The van der Waals surface area contributed by atoms with Gasteiger partial charge < -0.3 is 29.6 Å². The Bertz CT molecular complexity index is 2600. The molecular weight excluding hydrogens is 935 g/mol. The highest BCUT2D eigenvalue weighted by molar-refractivity contribution is 6.00. The van der Waals surface area contributed by atoms with E-state index in [1.165, 1.54) is 18.2 Å². The van der Waals surface area contributed by atoms with E-state index in [1.54, 1.807) is 40.1 Å². The maximum atomic E-state index is 13.9. The first-order valence-corrected chi connectivity index (χ1v) is 26.1. The van der Waals surface area contributed by atoms with Crippen LogP contribution in [-0.2, 0) is 35.3 Å². The van der Waals surface area contributed by atoms with Crippen molar-refractivity contribution < 1.29 is 38.1 Å². The van der Waals surface area contributed by atoms with E-state index in [9.17, 15) is 19.2 Å². The van der Waals surface area contributed by atoms with Crippen molar-refractivity contribution in [2.45, 2.75) is 119 Å². The number of fused-ring (bicyclic) bond motifs is 10. The summed E-state index contributed by atoms with van der Waals surface area (Å²) in [6.45, 7) is 17.5. The molecule has 15 nitrogen and oxygen atoms in total. The van der Waals surface area contributed by atoms with Crippen molar-refractivity contribution in [2.24, 2.45) is 22.0 Å². The van der Waals surface area contributed by atoms with Crippen LogP contribution in [0.15, 0.2) is 89.1 Å². The van der Waals surface area contributed by atoms with Crippen molar-refractivity contribution >= 4 is 36.1 Å². The molecule has 4 aromatic carbocycles. The van der Waals surface area contributed by atoms with Crippen LogP contribution in [0.25, 0.3) is 0 Å². The highest BCUT2D eigenvalue weighted by atomic mass is 16.5. The molecule has 3 heterocycles. The largest absolute Gasteiger partial charge is 0.493 e. The molecule has 4 N–H and O–H groups in total. The molecule has 2 unspecified atom stereocenters. The molecule has 8 rings (SSSR count). The summed E-state index contributed by atoms with van der Waals surface area (Å²) in [6.07, 6.45) is 8.14. The first-order chi connectivity index (χ1) is 35.8. The fourth-order valence-electron chi connectivity index (χ4n) is 9.12. The van der Waals surface area contributed by atoms with Crippen molar-refractivity contribution in [2.75, 3.05) is 26.4 Å². The maximum Gasteiger partial charge on any atom is 0.270 e. The van der Waals surface area contributed by atoms with E-state index in [2.05, 4.69) is 101 Å². The molecule has 390 valence electrons. The molecule has 0 spiro atoms. The number of aromatic nitrogens is 1. The van der Waals surface area contributed by atoms with Crippen LogP contribution in [0.5, 0.6) is 23.0 Å². The summed E-state index contributed by atoms with van der Waals surface area (Å²) in [6, 6.07) is 23.0. The zero-order valence-electron chi connectivity index (χ0n) is 44.1. The monoisotopic (exact) mass is 1010 g/mol. The van der Waals surface area contributed by atoms with E-state index in [-0.39, 0.29) is 23.2 Å². The molecule has 0 saturated heterocycles. The Balaban J connectivity index is 1.49. The van der Waals surface area contributed by atoms with E-state index >= 15 is 0 Å². The van der Waals surface area contributed by atoms with Gasteiger partial charge in [-0.1, -0.05) is 97.9 Å². The predicted octanol–water partition coefficient (Wildman–Crippen LogP) is 9.04. The summed E-state index contributed by atoms with van der Waals surface area (Å²) in [5, 5.41) is 14.5. The Hall–Kier alpha value is -7.55. The lowest BCUT2D eigenvalue weighted by atomic mass is 9.90. The van der Waals surface area contributed by atoms with Crippen LogP contribution in [0.3, 0.4) is 0 Å². The second-order valence-electron chi connectivity index (χ2n) is 19.5. The summed E-state index contributed by atoms with van der Waals surface area (Å²) in [4.78, 5) is 59.6. The first-order valence-electron chi connectivity index (χ1n) is 26.1. The highest BCUT2D eigenvalue weighted by Crippen LogP contribution is 2.40. The maximum absolute atomic E-state index is 13.9. The molecule has 3 aliphatic rings. The average molecular weight is 1010 g/mol. The van der Waals surface area contributed by atoms with E-state index in [1.807, 2.05) is 24.3 Å². The lowest BCUT2D eigenvalue weighted by Crippen LogP contribution is -2.49. The number of benzene rings is 4. The second-order valence-corrected chi connectivity index (χ2v) is 19.5. The molecule has 0 fully saturated rings. The average Bonchev–Trinajstić information content (AvgIpc) is 3.37. The van der Waals surface area contributed by atoms with Gasteiger partial charge in [-0.25, -0.2) is 15.8 Å². The van der Waals surface area contributed by atoms with Gasteiger partial charge in [0.15, 0.2) is 0 Å². The standard InChI is InChI=1S/C59H71N7O8/c1-9-22-71-52-40-16-13-17-41(52)31-45-27-39-29-47(55(45)74-25-12-4)33-43-19-14-18-42(53(43)72-23-10-2)32-46-28-38(26-44(30-40)54(46)73-24-11-3)34-60-65-58(69)50(36(5)6)63-56(67)48-20-15-21-49(62-48)57(68)64-51(37(7)8)59(70)66-61-35-39/h13-21,26-29,34-37,50-51H,9-12,22-25,30-33H2,1-8H3,(H,63,67)(H,64,68)(H,65,69)(H,66,70)/b60-34+,61-35+. The van der Waals surface area contributed by atoms with Gasteiger partial charge in [0, 0.05) is 25.7 Å². The third-order valence-corrected chi connectivity index (χ3v) is 12.7. The van der Waals surface area contributed by atoms with Crippen LogP contribution in [-0.4, -0.2) is 79.6 Å². The van der Waals surface area contributed by atoms with Gasteiger partial charge in [-0.05, 0) is 130 Å². The van der Waals surface area contributed by atoms with E-state index in [4.69, 9.17) is 18.9 Å². The van der Waals surface area contributed by atoms with Gasteiger partial charge in [0.2, 0.25) is 0 Å². The van der Waals surface area contributed by atoms with Gasteiger partial charge in [-0.3, -0.25) is 19.2 Å². The van der Waals surface area contributed by atoms with Gasteiger partial charge in [0.1, 0.15) is 46.5 Å². The number of nitrogens with one attached hydrogen (secondary N) is 4. The predicted molar refractivity (Wildman–Crippen MR) is 288 cm³/mol. The molecule has 74 heavy (non-hydrogen) atoms. The van der Waals surface area contributed by atoms with Gasteiger partial charge >= 0.3 is 0 Å². The van der Waals surface area contributed by atoms with Gasteiger partial charge in [0.25, 0.3) is 23.6 Å². The zero-order chi connectivity index (χ0) is 52.7. The number of ether oxygens (including phenoxy) is 4. The quantitative estimate of drug-likeness (QED) is 0.0825. The highest BCUT2D eigenvalue weighted by Gasteiger charge is 2.29. The molecule has 1 aliphatic carbocycles. The van der Waals surface area contributed by atoms with Crippen LogP contribution in [0, 0.1) is 11.8 Å². The van der Waals surface area contributed by atoms with E-state index < -0.39 is 35.7 Å². The third kappa shape index (κ3) is 13.5. The summed E-state index contributed by atoms with van der Waals surface area (Å²) < 4.78 is 27.0. The van der Waals surface area contributed by atoms with Crippen LogP contribution in [0.1, 0.15) is 158 Å². The lowest BCUT2D eigenvalue weighted by Gasteiger charge is -2.23. The molecule has 5 aromatic rings. The molecule has 4 amide bonds. The number of para-hydroxylation sites is 2. The Morgan fingerprint density at radius 2 is 0.757 bits per heavy atom. The fourth-order valence-corrected chi connectivity index (χ4v) is 9.12. The van der Waals surface area contributed by atoms with Gasteiger partial charge in [0.05, 0.1) is 38.9 Å². The zero-order valence-corrected chi connectivity index (χ0v) is 44.1. The van der Waals surface area contributed by atoms with Crippen molar-refractivity contribution in [3.05, 3.63) is 146 Å². The normalized spacial score (nSPS) is 17.1. The Morgan fingerprint density at radius 1 is 0.459 bits per heavy atom. The minimum Gasteiger partial charge on any atom is -0.493 e. The third-order valence-electron chi connectivity index (χ3n) is 12.7. The summed E-state index contributed by atoms with van der Waals surface area (Å²) in [5.74, 6) is -0.101. The number of carbonyl (C=O) groups excluding carboxylic acids is 4. The van der Waals surface area contributed by atoms with Gasteiger partial charge in [-0.15, -0.1) is 0 Å². The van der Waals surface area contributed by atoms with Crippen LogP contribution < -0.4 is 40.4 Å². The van der Waals surface area contributed by atoms with Crippen molar-refractivity contribution in [1.82, 2.24) is 26.5 Å². The summed E-state index contributed by atoms with van der Waals surface area (Å²) in [7, 11) is 0. The molecule has 1 aromatic heterocycles. The van der Waals surface area contributed by atoms with Crippen molar-refractivity contribution in [3.8, 4) is 23.0 Å². The fraction of sp³-hybridized carbons (Fsp3) is 0.407. The topological polar surface area (TPSA) is 191 Å². The number of rotatable bonds is 14. The van der Waals surface area contributed by atoms with Gasteiger partial charge in [-0.2, -0.15) is 10.2 Å². The molecule has 2 atom stereocenters. The van der Waals surface area contributed by atoms with E-state index in [0.29, 0.717) is 52.1 Å². The molecule has 2 aliphatic heterocycles. The SMILES string of the molecule is CCCOc1c2cccc1Cc1cc3cc(c1OCCC)Cc1cccc(c1OCCC)Cc1cc(cc(c1OCCC)C2)/C=N/NC(=O)C(C(C)C)NC(=O)c1cccc(n1)C(=O)NC(C(C)C)C(=O)N/N=C/3. The minimum absolute atomic E-state index is 0.0889. The number of hydrogen-bond donors (Lipinski definition) is 4. The van der Waals surface area contributed by atoms with Crippen LogP contribution in [0.4, 0.5) is 0 Å². The lowest BCUT2D eigenvalue weighted by molar-refractivity contribution is -0.124. The van der Waals surface area contributed by atoms with Crippen molar-refractivity contribution in [3.63, 3.8) is 0 Å². The molecule has 15 heteroatoms. The number of pyridine rings is 1. The smallest absolute Gasteiger partial charge is 0.270 e. The number of hydrogen-bond acceptors (Lipinski definition) is 11. The number of amides is 4. The van der Waals surface area contributed by atoms with Crippen LogP contribution in [0.2, 0.25) is 0 Å². The molecule has 0 radical (unpaired) electrons. The Labute approximate surface area is 435 Å². The number of nitrogens with zero attached hydrogens (tertiary/aromatic N) is 3. The Morgan fingerprint density at radius 3 is 1.05 bits per heavy atom. The van der Waals surface area contributed by atoms with Crippen molar-refractivity contribution in [1.29, 1.82) is 0 Å². The minimum atomic E-state index is -1.02. The Kier molecular flexibility index (Phi) is 19.0. The first kappa shape index (κ1) is 54.2. The second kappa shape index (κ2) is 25.9. The number of carbonyl (C=O) groups is 4. The molecule has 0 saturated carbocycles. The molecular formula is C59H71N7O8. The van der Waals surface area contributed by atoms with E-state index in [0.717, 1.165) is 104 Å².